The highest BCUT2D eigenvalue weighted by Gasteiger charge is 2.18. The number of benzene rings is 2. The van der Waals surface area contributed by atoms with Gasteiger partial charge in [0.15, 0.2) is 6.61 Å². The van der Waals surface area contributed by atoms with Crippen LogP contribution in [0.15, 0.2) is 53.4 Å². The molecule has 156 valence electrons. The van der Waals surface area contributed by atoms with E-state index in [0.29, 0.717) is 0 Å². The number of amides is 1. The third-order valence-electron chi connectivity index (χ3n) is 4.83. The second-order valence-corrected chi connectivity index (χ2v) is 9.16. The molecule has 0 unspecified atom stereocenters. The fourth-order valence-electron chi connectivity index (χ4n) is 3.17. The zero-order valence-electron chi connectivity index (χ0n) is 16.1. The van der Waals surface area contributed by atoms with Crippen LogP contribution in [0, 0.1) is 0 Å². The maximum atomic E-state index is 12.5. The van der Waals surface area contributed by atoms with Crippen LogP contribution in [0.5, 0.6) is 5.75 Å². The molecular weight excluding hydrogens is 412 g/mol. The molecular formula is C21H25ClN2O4S. The number of hydrogen-bond acceptors (Lipinski definition) is 4. The minimum absolute atomic E-state index is 0.0459. The van der Waals surface area contributed by atoms with Crippen LogP contribution < -0.4 is 9.46 Å². The van der Waals surface area contributed by atoms with Gasteiger partial charge in [0.2, 0.25) is 10.0 Å². The quantitative estimate of drug-likeness (QED) is 0.719. The van der Waals surface area contributed by atoms with Crippen molar-refractivity contribution >= 4 is 27.5 Å². The Morgan fingerprint density at radius 1 is 1.03 bits per heavy atom. The number of carbonyl (C=O) groups is 1. The van der Waals surface area contributed by atoms with Gasteiger partial charge in [0, 0.05) is 19.6 Å². The van der Waals surface area contributed by atoms with Gasteiger partial charge in [0.1, 0.15) is 5.75 Å². The van der Waals surface area contributed by atoms with Crippen molar-refractivity contribution in [3.8, 4) is 5.75 Å². The maximum Gasteiger partial charge on any atom is 0.260 e. The monoisotopic (exact) mass is 436 g/mol. The Hall–Kier alpha value is -2.09. The van der Waals surface area contributed by atoms with Gasteiger partial charge in [0.25, 0.3) is 5.91 Å². The van der Waals surface area contributed by atoms with Gasteiger partial charge in [-0.3, -0.25) is 4.79 Å². The number of likely N-dealkylation sites (tertiary alicyclic amines) is 1. The van der Waals surface area contributed by atoms with E-state index >= 15 is 0 Å². The number of sulfonamides is 1. The number of rotatable bonds is 7. The molecule has 0 aliphatic carbocycles. The predicted octanol–water partition coefficient (Wildman–Crippen LogP) is 3.60. The first kappa shape index (κ1) is 21.6. The molecule has 2 aromatic carbocycles. The van der Waals surface area contributed by atoms with E-state index in [1.165, 1.54) is 18.2 Å². The lowest BCUT2D eigenvalue weighted by molar-refractivity contribution is -0.133. The molecule has 1 amide bonds. The lowest BCUT2D eigenvalue weighted by Crippen LogP contribution is -2.35. The van der Waals surface area contributed by atoms with Gasteiger partial charge >= 0.3 is 0 Å². The highest BCUT2D eigenvalue weighted by atomic mass is 35.5. The van der Waals surface area contributed by atoms with Gasteiger partial charge < -0.3 is 9.64 Å². The van der Waals surface area contributed by atoms with E-state index in [-0.39, 0.29) is 34.7 Å². The Kier molecular flexibility index (Phi) is 7.52. The second-order valence-electron chi connectivity index (χ2n) is 6.99. The highest BCUT2D eigenvalue weighted by molar-refractivity contribution is 7.89. The van der Waals surface area contributed by atoms with E-state index in [2.05, 4.69) is 4.72 Å². The Balaban J connectivity index is 1.59. The third kappa shape index (κ3) is 6.19. The maximum absolute atomic E-state index is 12.5. The standard InChI is InChI=1S/C21H25ClN2O4S/c22-19-14-18(29(26,27)23-15-17-8-4-3-5-9-17)10-11-20(19)28-16-21(25)24-12-6-1-2-7-13-24/h3-5,8-11,14,23H,1-2,6-7,12-13,15-16H2. The normalized spacial score (nSPS) is 15.0. The van der Waals surface area contributed by atoms with Gasteiger partial charge in [0.05, 0.1) is 9.92 Å². The minimum Gasteiger partial charge on any atom is -0.482 e. The molecule has 6 nitrogen and oxygen atoms in total. The van der Waals surface area contributed by atoms with Crippen LogP contribution in [0.1, 0.15) is 31.2 Å². The molecule has 3 rings (SSSR count). The Morgan fingerprint density at radius 3 is 2.38 bits per heavy atom. The lowest BCUT2D eigenvalue weighted by atomic mass is 10.2. The Labute approximate surface area is 176 Å². The fourth-order valence-corrected chi connectivity index (χ4v) is 4.52. The first-order valence-corrected chi connectivity index (χ1v) is 11.6. The van der Waals surface area contributed by atoms with Crippen LogP contribution >= 0.6 is 11.6 Å². The van der Waals surface area contributed by atoms with E-state index < -0.39 is 10.0 Å². The summed E-state index contributed by atoms with van der Waals surface area (Å²) in [4.78, 5) is 14.2. The van der Waals surface area contributed by atoms with Crippen molar-refractivity contribution in [2.45, 2.75) is 37.1 Å². The van der Waals surface area contributed by atoms with E-state index in [0.717, 1.165) is 44.3 Å². The van der Waals surface area contributed by atoms with Crippen LogP contribution in [0.4, 0.5) is 0 Å². The predicted molar refractivity (Wildman–Crippen MR) is 112 cm³/mol. The van der Waals surface area contributed by atoms with Gasteiger partial charge in [-0.2, -0.15) is 0 Å². The molecule has 0 radical (unpaired) electrons. The van der Waals surface area contributed by atoms with E-state index in [1.54, 1.807) is 0 Å². The summed E-state index contributed by atoms with van der Waals surface area (Å²) < 4.78 is 33.1. The number of ether oxygens (including phenoxy) is 1. The topological polar surface area (TPSA) is 75.7 Å². The molecule has 1 heterocycles. The van der Waals surface area contributed by atoms with Crippen molar-refractivity contribution in [3.63, 3.8) is 0 Å². The summed E-state index contributed by atoms with van der Waals surface area (Å²) in [7, 11) is -3.72. The lowest BCUT2D eigenvalue weighted by Gasteiger charge is -2.20. The summed E-state index contributed by atoms with van der Waals surface area (Å²) in [6.07, 6.45) is 4.31. The third-order valence-corrected chi connectivity index (χ3v) is 6.53. The highest BCUT2D eigenvalue weighted by Crippen LogP contribution is 2.27. The zero-order chi connectivity index (χ0) is 20.7. The van der Waals surface area contributed by atoms with Crippen LogP contribution in [-0.2, 0) is 21.4 Å². The SMILES string of the molecule is O=C(COc1ccc(S(=O)(=O)NCc2ccccc2)cc1Cl)N1CCCCCC1. The van der Waals surface area contributed by atoms with Gasteiger partial charge in [-0.15, -0.1) is 0 Å². The first-order valence-electron chi connectivity index (χ1n) is 9.69. The second kappa shape index (κ2) is 10.1. The number of carbonyl (C=O) groups excluding carboxylic acids is 1. The average Bonchev–Trinajstić information content (AvgIpc) is 3.01. The molecule has 2 aromatic rings. The molecule has 1 N–H and O–H groups in total. The number of hydrogen-bond donors (Lipinski definition) is 1. The Bertz CT molecular complexity index is 927. The zero-order valence-corrected chi connectivity index (χ0v) is 17.7. The molecule has 1 fully saturated rings. The number of nitrogens with one attached hydrogen (secondary N) is 1. The van der Waals surface area contributed by atoms with E-state index in [9.17, 15) is 13.2 Å². The number of halogens is 1. The van der Waals surface area contributed by atoms with Gasteiger partial charge in [-0.1, -0.05) is 54.8 Å². The van der Waals surface area contributed by atoms with Crippen molar-refractivity contribution < 1.29 is 17.9 Å². The summed E-state index contributed by atoms with van der Waals surface area (Å²) in [6.45, 7) is 1.57. The molecule has 8 heteroatoms. The summed E-state index contributed by atoms with van der Waals surface area (Å²) in [5, 5.41) is 0.149. The molecule has 0 spiro atoms. The molecule has 1 saturated heterocycles. The fraction of sp³-hybridized carbons (Fsp3) is 0.381. The molecule has 1 aliphatic heterocycles. The molecule has 0 atom stereocenters. The molecule has 0 aromatic heterocycles. The van der Waals surface area contributed by atoms with Crippen LogP contribution in [-0.4, -0.2) is 38.9 Å². The van der Waals surface area contributed by atoms with Crippen molar-refractivity contribution in [1.82, 2.24) is 9.62 Å². The molecule has 0 saturated carbocycles. The van der Waals surface area contributed by atoms with Gasteiger partial charge in [-0.05, 0) is 36.6 Å². The smallest absolute Gasteiger partial charge is 0.260 e. The molecule has 1 aliphatic rings. The number of nitrogens with zero attached hydrogens (tertiary/aromatic N) is 1. The summed E-state index contributed by atoms with van der Waals surface area (Å²) in [5.74, 6) is 0.209. The Morgan fingerprint density at radius 2 is 1.72 bits per heavy atom. The van der Waals surface area contributed by atoms with Crippen LogP contribution in [0.2, 0.25) is 5.02 Å². The summed E-state index contributed by atoms with van der Waals surface area (Å²) in [6, 6.07) is 13.5. The average molecular weight is 437 g/mol. The van der Waals surface area contributed by atoms with E-state index in [4.69, 9.17) is 16.3 Å². The van der Waals surface area contributed by atoms with Crippen molar-refractivity contribution in [2.75, 3.05) is 19.7 Å². The van der Waals surface area contributed by atoms with Crippen molar-refractivity contribution in [3.05, 3.63) is 59.1 Å². The van der Waals surface area contributed by atoms with Crippen LogP contribution in [0.3, 0.4) is 0 Å². The largest absolute Gasteiger partial charge is 0.482 e. The van der Waals surface area contributed by atoms with Crippen molar-refractivity contribution in [1.29, 1.82) is 0 Å². The van der Waals surface area contributed by atoms with Crippen molar-refractivity contribution in [2.24, 2.45) is 0 Å². The summed E-state index contributed by atoms with van der Waals surface area (Å²) in [5.41, 5.74) is 0.856. The first-order chi connectivity index (χ1) is 14.0. The summed E-state index contributed by atoms with van der Waals surface area (Å²) >= 11 is 6.21. The van der Waals surface area contributed by atoms with E-state index in [1.807, 2.05) is 35.2 Å². The molecule has 0 bridgehead atoms. The van der Waals surface area contributed by atoms with Crippen LogP contribution in [0.25, 0.3) is 0 Å². The van der Waals surface area contributed by atoms with Gasteiger partial charge in [-0.25, -0.2) is 13.1 Å². The minimum atomic E-state index is -3.72. The molecule has 29 heavy (non-hydrogen) atoms.